The van der Waals surface area contributed by atoms with Crippen molar-refractivity contribution in [3.05, 3.63) is 42.0 Å². The molecule has 5 nitrogen and oxygen atoms in total. The highest BCUT2D eigenvalue weighted by molar-refractivity contribution is 6.25. The number of carboxylic acid groups (broad SMARTS) is 1. The van der Waals surface area contributed by atoms with E-state index in [1.54, 1.807) is 12.1 Å². The summed E-state index contributed by atoms with van der Waals surface area (Å²) in [5.41, 5.74) is -0.768. The van der Waals surface area contributed by atoms with E-state index < -0.39 is 11.4 Å². The zero-order chi connectivity index (χ0) is 15.6. The molecule has 1 aliphatic heterocycles. The summed E-state index contributed by atoms with van der Waals surface area (Å²) in [5, 5.41) is 11.3. The van der Waals surface area contributed by atoms with Crippen LogP contribution in [0.5, 0.6) is 0 Å². The number of para-hydroxylation sites is 1. The molecule has 1 aromatic rings. The predicted octanol–water partition coefficient (Wildman–Crippen LogP) is 0.752. The first kappa shape index (κ1) is 13.2. The molecule has 2 fully saturated rings. The molecule has 0 N–H and O–H groups in total. The van der Waals surface area contributed by atoms with Crippen molar-refractivity contribution in [1.29, 1.82) is 0 Å². The molecule has 2 bridgehead atoms. The largest absolute Gasteiger partial charge is 0.545 e. The Morgan fingerprint density at radius 1 is 1.27 bits per heavy atom. The number of carboxylic acids is 1. The van der Waals surface area contributed by atoms with Crippen LogP contribution < -0.4 is 10.0 Å². The average Bonchev–Trinajstić information content (AvgIpc) is 3.12. The molecule has 22 heavy (non-hydrogen) atoms. The van der Waals surface area contributed by atoms with Gasteiger partial charge in [0.15, 0.2) is 0 Å². The van der Waals surface area contributed by atoms with E-state index in [4.69, 9.17) is 0 Å². The minimum Gasteiger partial charge on any atom is -0.545 e. The van der Waals surface area contributed by atoms with Gasteiger partial charge in [-0.05, 0) is 31.2 Å². The Bertz CT molecular complexity index is 753. The summed E-state index contributed by atoms with van der Waals surface area (Å²) in [6, 6.07) is 6.01. The first-order valence-corrected chi connectivity index (χ1v) is 7.33. The number of carbonyl (C=O) groups excluding carboxylic acids is 3. The van der Waals surface area contributed by atoms with Crippen LogP contribution in [0.1, 0.15) is 23.7 Å². The summed E-state index contributed by atoms with van der Waals surface area (Å²) in [6.45, 7) is 1.83. The van der Waals surface area contributed by atoms with Crippen molar-refractivity contribution >= 4 is 23.5 Å². The molecule has 0 spiro atoms. The van der Waals surface area contributed by atoms with Gasteiger partial charge in [0, 0.05) is 5.56 Å². The quantitative estimate of drug-likeness (QED) is 0.596. The molecule has 4 atom stereocenters. The van der Waals surface area contributed by atoms with Crippen LogP contribution >= 0.6 is 0 Å². The van der Waals surface area contributed by atoms with Crippen molar-refractivity contribution < 1.29 is 19.5 Å². The van der Waals surface area contributed by atoms with Crippen LogP contribution in [-0.2, 0) is 9.59 Å². The number of aromatic carboxylic acids is 1. The highest BCUT2D eigenvalue weighted by Gasteiger charge is 2.67. The predicted molar refractivity (Wildman–Crippen MR) is 75.6 cm³/mol. The third-order valence-electron chi connectivity index (χ3n) is 5.48. The lowest BCUT2D eigenvalue weighted by atomic mass is 9.71. The van der Waals surface area contributed by atoms with Gasteiger partial charge in [-0.2, -0.15) is 0 Å². The third-order valence-corrected chi connectivity index (χ3v) is 5.48. The van der Waals surface area contributed by atoms with Crippen LogP contribution in [0.4, 0.5) is 5.69 Å². The zero-order valence-electron chi connectivity index (χ0n) is 12.0. The Kier molecular flexibility index (Phi) is 2.45. The van der Waals surface area contributed by atoms with E-state index in [0.29, 0.717) is 0 Å². The van der Waals surface area contributed by atoms with Gasteiger partial charge < -0.3 is 9.90 Å². The minimum absolute atomic E-state index is 0.0547. The van der Waals surface area contributed by atoms with E-state index in [1.807, 2.05) is 19.1 Å². The van der Waals surface area contributed by atoms with Crippen molar-refractivity contribution in [2.75, 3.05) is 4.90 Å². The van der Waals surface area contributed by atoms with Crippen LogP contribution in [0.15, 0.2) is 36.4 Å². The first-order chi connectivity index (χ1) is 10.5. The summed E-state index contributed by atoms with van der Waals surface area (Å²) in [4.78, 5) is 38.1. The second-order valence-corrected chi connectivity index (χ2v) is 6.43. The third kappa shape index (κ3) is 1.36. The summed E-state index contributed by atoms with van der Waals surface area (Å²) in [6.07, 6.45) is 4.85. The van der Waals surface area contributed by atoms with Crippen LogP contribution in [-0.4, -0.2) is 17.8 Å². The van der Waals surface area contributed by atoms with Crippen LogP contribution in [0.2, 0.25) is 0 Å². The van der Waals surface area contributed by atoms with Gasteiger partial charge in [0.2, 0.25) is 11.8 Å². The Hall–Kier alpha value is -2.43. The molecule has 1 saturated heterocycles. The summed E-state index contributed by atoms with van der Waals surface area (Å²) >= 11 is 0. The Balaban J connectivity index is 1.85. The molecule has 1 aromatic carbocycles. The van der Waals surface area contributed by atoms with Crippen molar-refractivity contribution in [1.82, 2.24) is 0 Å². The number of hydrogen-bond donors (Lipinski definition) is 0. The van der Waals surface area contributed by atoms with Gasteiger partial charge in [0.1, 0.15) is 0 Å². The fourth-order valence-electron chi connectivity index (χ4n) is 4.38. The fraction of sp³-hybridized carbons (Fsp3) is 0.353. The molecular weight excluding hydrogens is 282 g/mol. The first-order valence-electron chi connectivity index (χ1n) is 7.33. The standard InChI is InChI=1S/C17H15NO4/c1-17-10-7-6-9(8-10)13(17)14(19)18(16(17)22)12-5-3-2-4-11(12)15(20)21/h2-7,9-10,13H,8H2,1H3,(H,20,21)/p-1. The number of carbonyl (C=O) groups is 3. The fourth-order valence-corrected chi connectivity index (χ4v) is 4.38. The Labute approximate surface area is 127 Å². The van der Waals surface area contributed by atoms with E-state index in [0.717, 1.165) is 11.3 Å². The number of anilines is 1. The van der Waals surface area contributed by atoms with Crippen LogP contribution in [0, 0.1) is 23.2 Å². The second-order valence-electron chi connectivity index (χ2n) is 6.43. The molecule has 1 saturated carbocycles. The Morgan fingerprint density at radius 3 is 2.68 bits per heavy atom. The number of fused-ring (bicyclic) bond motifs is 5. The van der Waals surface area contributed by atoms with Gasteiger partial charge in [-0.25, -0.2) is 4.90 Å². The molecule has 4 rings (SSSR count). The van der Waals surface area contributed by atoms with Gasteiger partial charge in [-0.3, -0.25) is 9.59 Å². The lowest BCUT2D eigenvalue weighted by Gasteiger charge is -2.28. The zero-order valence-corrected chi connectivity index (χ0v) is 12.0. The maximum atomic E-state index is 12.9. The molecule has 5 heteroatoms. The molecule has 2 aliphatic carbocycles. The molecule has 0 radical (unpaired) electrons. The average molecular weight is 296 g/mol. The molecular formula is C17H14NO4-. The lowest BCUT2D eigenvalue weighted by molar-refractivity contribution is -0.254. The van der Waals surface area contributed by atoms with Gasteiger partial charge in [0.25, 0.3) is 0 Å². The molecule has 4 unspecified atom stereocenters. The van der Waals surface area contributed by atoms with Gasteiger partial charge >= 0.3 is 0 Å². The minimum atomic E-state index is -1.39. The number of amides is 2. The molecule has 2 amide bonds. The Morgan fingerprint density at radius 2 is 2.00 bits per heavy atom. The highest BCUT2D eigenvalue weighted by atomic mass is 16.4. The number of nitrogens with zero attached hydrogens (tertiary/aromatic N) is 1. The summed E-state index contributed by atoms with van der Waals surface area (Å²) in [5.74, 6) is -2.24. The molecule has 0 aromatic heterocycles. The van der Waals surface area contributed by atoms with Gasteiger partial charge in [-0.1, -0.05) is 30.4 Å². The van der Waals surface area contributed by atoms with Gasteiger partial charge in [-0.15, -0.1) is 0 Å². The van der Waals surface area contributed by atoms with Crippen LogP contribution in [0.3, 0.4) is 0 Å². The van der Waals surface area contributed by atoms with Crippen LogP contribution in [0.25, 0.3) is 0 Å². The molecule has 3 aliphatic rings. The van der Waals surface area contributed by atoms with Gasteiger partial charge in [0.05, 0.1) is 23.0 Å². The molecule has 1 heterocycles. The SMILES string of the molecule is CC12C(=O)N(c3ccccc3C(=O)[O-])C(=O)C1C1C=CC2C1. The normalized spacial score (nSPS) is 35.3. The number of benzene rings is 1. The smallest absolute Gasteiger partial charge is 0.241 e. The van der Waals surface area contributed by atoms with E-state index in [-0.39, 0.29) is 40.8 Å². The highest BCUT2D eigenvalue weighted by Crippen LogP contribution is 2.61. The van der Waals surface area contributed by atoms with E-state index in [2.05, 4.69) is 0 Å². The summed E-state index contributed by atoms with van der Waals surface area (Å²) < 4.78 is 0. The number of hydrogen-bond acceptors (Lipinski definition) is 4. The van der Waals surface area contributed by atoms with Crippen molar-refractivity contribution in [2.45, 2.75) is 13.3 Å². The van der Waals surface area contributed by atoms with Crippen molar-refractivity contribution in [3.63, 3.8) is 0 Å². The monoisotopic (exact) mass is 296 g/mol. The maximum Gasteiger partial charge on any atom is 0.241 e. The van der Waals surface area contributed by atoms with Crippen molar-refractivity contribution in [2.24, 2.45) is 23.2 Å². The number of imide groups is 1. The number of allylic oxidation sites excluding steroid dienone is 2. The van der Waals surface area contributed by atoms with E-state index in [1.165, 1.54) is 12.1 Å². The number of rotatable bonds is 2. The lowest BCUT2D eigenvalue weighted by Crippen LogP contribution is -2.38. The van der Waals surface area contributed by atoms with E-state index >= 15 is 0 Å². The second kappa shape index (κ2) is 4.06. The summed E-state index contributed by atoms with van der Waals surface area (Å²) in [7, 11) is 0. The topological polar surface area (TPSA) is 77.5 Å². The van der Waals surface area contributed by atoms with Crippen molar-refractivity contribution in [3.8, 4) is 0 Å². The molecule has 112 valence electrons. The van der Waals surface area contributed by atoms with E-state index in [9.17, 15) is 19.5 Å². The maximum absolute atomic E-state index is 12.9.